The van der Waals surface area contributed by atoms with Gasteiger partial charge in [0.1, 0.15) is 5.60 Å². The molecule has 2 heterocycles. The number of methoxy groups -OCH3 is 1. The van der Waals surface area contributed by atoms with Gasteiger partial charge in [-0.05, 0) is 37.7 Å². The number of primary amides is 1. The minimum Gasteiger partial charge on any atom is -0.373 e. The summed E-state index contributed by atoms with van der Waals surface area (Å²) in [6.45, 7) is 3.41. The molecular formula is C19H28ClN3O2. The Hall–Kier alpha value is -1.17. The lowest BCUT2D eigenvalue weighted by Crippen LogP contribution is -2.59. The Morgan fingerprint density at radius 3 is 2.52 bits per heavy atom. The number of likely N-dealkylation sites (tertiary alicyclic amines) is 1. The fourth-order valence-electron chi connectivity index (χ4n) is 5.05. The van der Waals surface area contributed by atoms with Gasteiger partial charge < -0.3 is 15.4 Å². The third-order valence-corrected chi connectivity index (χ3v) is 6.30. The molecule has 1 aliphatic heterocycles. The van der Waals surface area contributed by atoms with E-state index < -0.39 is 5.91 Å². The fraction of sp³-hybridized carbons (Fsp3) is 0.684. The van der Waals surface area contributed by atoms with Crippen molar-refractivity contribution in [2.75, 3.05) is 26.7 Å². The van der Waals surface area contributed by atoms with E-state index in [1.807, 2.05) is 19.4 Å². The molecule has 0 spiro atoms. The van der Waals surface area contributed by atoms with E-state index in [1.165, 1.54) is 38.6 Å². The molecule has 2 aliphatic carbocycles. The van der Waals surface area contributed by atoms with Crippen LogP contribution in [-0.4, -0.2) is 42.5 Å². The Morgan fingerprint density at radius 2 is 1.96 bits per heavy atom. The van der Waals surface area contributed by atoms with E-state index in [1.54, 1.807) is 6.20 Å². The summed E-state index contributed by atoms with van der Waals surface area (Å²) in [5, 5.41) is 0. The molecule has 1 saturated heterocycles. The maximum Gasteiger partial charge on any atom is 0.250 e. The standard InChI is InChI=1S/C19H27N3O2.ClH/c1-24-19(17-7-14(18(20)23)8-21-9-17)15-3-2-4-16(19)12-22(11-15)10-13-5-6-13;/h7-9,13,15-16H,2-6,10-12H2,1H3,(H2,20,23);1H/t15-,16+,19-;. The van der Waals surface area contributed by atoms with Crippen molar-refractivity contribution < 1.29 is 9.53 Å². The summed E-state index contributed by atoms with van der Waals surface area (Å²) in [4.78, 5) is 18.5. The van der Waals surface area contributed by atoms with E-state index in [4.69, 9.17) is 10.5 Å². The van der Waals surface area contributed by atoms with Crippen molar-refractivity contribution in [3.05, 3.63) is 29.6 Å². The number of pyridine rings is 1. The van der Waals surface area contributed by atoms with Crippen LogP contribution in [0.4, 0.5) is 0 Å². The summed E-state index contributed by atoms with van der Waals surface area (Å²) in [5.41, 5.74) is 6.65. The molecule has 2 N–H and O–H groups in total. The van der Waals surface area contributed by atoms with Crippen molar-refractivity contribution in [1.29, 1.82) is 0 Å². The second-order valence-electron chi connectivity index (χ2n) is 7.81. The number of hydrogen-bond donors (Lipinski definition) is 1. The highest BCUT2D eigenvalue weighted by atomic mass is 35.5. The van der Waals surface area contributed by atoms with E-state index in [-0.39, 0.29) is 18.0 Å². The molecule has 2 saturated carbocycles. The number of ether oxygens (including phenoxy) is 1. The molecule has 138 valence electrons. The molecule has 6 heteroatoms. The molecule has 0 unspecified atom stereocenters. The number of carbonyl (C=O) groups excluding carboxylic acids is 1. The monoisotopic (exact) mass is 365 g/mol. The lowest BCUT2D eigenvalue weighted by molar-refractivity contribution is -0.169. The van der Waals surface area contributed by atoms with Crippen LogP contribution in [-0.2, 0) is 10.3 Å². The molecule has 3 atom stereocenters. The van der Waals surface area contributed by atoms with E-state index in [0.717, 1.165) is 24.6 Å². The zero-order valence-corrected chi connectivity index (χ0v) is 15.6. The van der Waals surface area contributed by atoms with Crippen LogP contribution < -0.4 is 5.73 Å². The highest BCUT2D eigenvalue weighted by Gasteiger charge is 2.53. The van der Waals surface area contributed by atoms with Gasteiger partial charge in [-0.2, -0.15) is 0 Å². The molecular weight excluding hydrogens is 338 g/mol. The van der Waals surface area contributed by atoms with Crippen molar-refractivity contribution in [2.45, 2.75) is 37.7 Å². The van der Waals surface area contributed by atoms with Gasteiger partial charge in [-0.1, -0.05) is 6.42 Å². The molecule has 1 amide bonds. The van der Waals surface area contributed by atoms with Gasteiger partial charge in [-0.3, -0.25) is 9.78 Å². The highest BCUT2D eigenvalue weighted by molar-refractivity contribution is 5.92. The Labute approximate surface area is 155 Å². The second kappa shape index (κ2) is 7.22. The maximum atomic E-state index is 11.6. The molecule has 5 nitrogen and oxygen atoms in total. The lowest BCUT2D eigenvalue weighted by Gasteiger charge is -2.55. The average molecular weight is 366 g/mol. The van der Waals surface area contributed by atoms with Crippen LogP contribution in [0, 0.1) is 17.8 Å². The molecule has 0 aromatic carbocycles. The van der Waals surface area contributed by atoms with Crippen LogP contribution in [0.15, 0.2) is 18.5 Å². The van der Waals surface area contributed by atoms with Gasteiger partial charge in [0.2, 0.25) is 5.91 Å². The van der Waals surface area contributed by atoms with E-state index in [2.05, 4.69) is 9.88 Å². The molecule has 3 aliphatic rings. The Morgan fingerprint density at radius 1 is 1.28 bits per heavy atom. The zero-order chi connectivity index (χ0) is 16.7. The molecule has 4 rings (SSSR count). The largest absolute Gasteiger partial charge is 0.373 e. The third kappa shape index (κ3) is 3.29. The summed E-state index contributed by atoms with van der Waals surface area (Å²) in [5.74, 6) is 1.41. The van der Waals surface area contributed by atoms with Gasteiger partial charge >= 0.3 is 0 Å². The molecule has 1 aromatic rings. The maximum absolute atomic E-state index is 11.6. The molecule has 3 fully saturated rings. The first kappa shape index (κ1) is 18.6. The Kier molecular flexibility index (Phi) is 5.37. The molecule has 0 radical (unpaired) electrons. The van der Waals surface area contributed by atoms with Crippen molar-refractivity contribution in [1.82, 2.24) is 9.88 Å². The number of aromatic nitrogens is 1. The van der Waals surface area contributed by atoms with Gasteiger partial charge in [-0.25, -0.2) is 0 Å². The summed E-state index contributed by atoms with van der Waals surface area (Å²) >= 11 is 0. The number of carbonyl (C=O) groups is 1. The van der Waals surface area contributed by atoms with E-state index in [9.17, 15) is 4.79 Å². The second-order valence-corrected chi connectivity index (χ2v) is 7.81. The van der Waals surface area contributed by atoms with Crippen LogP contribution in [0.25, 0.3) is 0 Å². The van der Waals surface area contributed by atoms with Crippen molar-refractivity contribution in [3.8, 4) is 0 Å². The average Bonchev–Trinajstić information content (AvgIpc) is 3.38. The van der Waals surface area contributed by atoms with Crippen LogP contribution in [0.5, 0.6) is 0 Å². The van der Waals surface area contributed by atoms with E-state index in [0.29, 0.717) is 17.4 Å². The number of fused-ring (bicyclic) bond motifs is 2. The highest BCUT2D eigenvalue weighted by Crippen LogP contribution is 2.51. The number of amides is 1. The normalized spacial score (nSPS) is 32.0. The van der Waals surface area contributed by atoms with Crippen LogP contribution in [0.2, 0.25) is 0 Å². The first-order valence-corrected chi connectivity index (χ1v) is 9.16. The Balaban J connectivity index is 0.00000182. The van der Waals surface area contributed by atoms with E-state index >= 15 is 0 Å². The van der Waals surface area contributed by atoms with Crippen molar-refractivity contribution >= 4 is 18.3 Å². The van der Waals surface area contributed by atoms with Gasteiger partial charge in [0.05, 0.1) is 5.56 Å². The van der Waals surface area contributed by atoms with Crippen LogP contribution >= 0.6 is 12.4 Å². The summed E-state index contributed by atoms with van der Waals surface area (Å²) in [6, 6.07) is 1.90. The smallest absolute Gasteiger partial charge is 0.250 e. The summed E-state index contributed by atoms with van der Waals surface area (Å²) < 4.78 is 6.22. The predicted octanol–water partition coefficient (Wildman–Crippen LogP) is 2.59. The van der Waals surface area contributed by atoms with Gasteiger partial charge in [0.25, 0.3) is 0 Å². The predicted molar refractivity (Wildman–Crippen MR) is 98.7 cm³/mol. The van der Waals surface area contributed by atoms with Crippen LogP contribution in [0.1, 0.15) is 48.0 Å². The van der Waals surface area contributed by atoms with Crippen molar-refractivity contribution in [3.63, 3.8) is 0 Å². The number of halogens is 1. The third-order valence-electron chi connectivity index (χ3n) is 6.30. The number of nitrogens with zero attached hydrogens (tertiary/aromatic N) is 2. The summed E-state index contributed by atoms with van der Waals surface area (Å²) in [6.07, 6.45) is 9.82. The van der Waals surface area contributed by atoms with Crippen LogP contribution in [0.3, 0.4) is 0 Å². The minimum atomic E-state index is -0.424. The first-order valence-electron chi connectivity index (χ1n) is 9.16. The van der Waals surface area contributed by atoms with Gasteiger partial charge in [-0.15, -0.1) is 12.4 Å². The number of piperidine rings is 1. The topological polar surface area (TPSA) is 68.5 Å². The fourth-order valence-corrected chi connectivity index (χ4v) is 5.05. The molecule has 2 bridgehead atoms. The van der Waals surface area contributed by atoms with Crippen molar-refractivity contribution in [2.24, 2.45) is 23.5 Å². The molecule has 25 heavy (non-hydrogen) atoms. The Bertz CT molecular complexity index is 621. The zero-order valence-electron chi connectivity index (χ0n) is 14.8. The SMILES string of the molecule is CO[C@]1(c2cncc(C(N)=O)c2)[C@@H]2CCC[C@H]1CN(CC1CC1)C2.Cl. The van der Waals surface area contributed by atoms with Gasteiger partial charge in [0.15, 0.2) is 0 Å². The number of rotatable bonds is 5. The summed E-state index contributed by atoms with van der Waals surface area (Å²) in [7, 11) is 1.82. The quantitative estimate of drug-likeness (QED) is 0.870. The first-order chi connectivity index (χ1) is 11.6. The minimum absolute atomic E-state index is 0. The van der Waals surface area contributed by atoms with Gasteiger partial charge in [0, 0.05) is 56.5 Å². The molecule has 1 aromatic heterocycles. The number of hydrogen-bond acceptors (Lipinski definition) is 4. The lowest BCUT2D eigenvalue weighted by atomic mass is 9.62. The number of nitrogens with two attached hydrogens (primary N) is 1.